The second-order valence-corrected chi connectivity index (χ2v) is 5.06. The van der Waals surface area contributed by atoms with Gasteiger partial charge in [-0.3, -0.25) is 4.98 Å². The summed E-state index contributed by atoms with van der Waals surface area (Å²) in [5.74, 6) is 0. The van der Waals surface area contributed by atoms with Gasteiger partial charge in [-0.25, -0.2) is 0 Å². The van der Waals surface area contributed by atoms with Crippen molar-refractivity contribution in [2.75, 3.05) is 18.0 Å². The third-order valence-electron chi connectivity index (χ3n) is 3.96. The molecule has 1 aliphatic heterocycles. The zero-order valence-corrected chi connectivity index (χ0v) is 11.2. The maximum absolute atomic E-state index is 6.04. The van der Waals surface area contributed by atoms with Crippen LogP contribution in [0.25, 0.3) is 0 Å². The molecule has 0 saturated heterocycles. The van der Waals surface area contributed by atoms with Crippen LogP contribution in [0.3, 0.4) is 0 Å². The minimum atomic E-state index is 0.220. The predicted molar refractivity (Wildman–Crippen MR) is 78.3 cm³/mol. The van der Waals surface area contributed by atoms with Crippen LogP contribution in [0.2, 0.25) is 0 Å². The lowest BCUT2D eigenvalue weighted by molar-refractivity contribution is 0.643. The largest absolute Gasteiger partial charge is 0.363 e. The van der Waals surface area contributed by atoms with E-state index < -0.39 is 0 Å². The number of benzene rings is 1. The van der Waals surface area contributed by atoms with Gasteiger partial charge >= 0.3 is 0 Å². The molecule has 0 amide bonds. The quantitative estimate of drug-likeness (QED) is 0.913. The Kier molecular flexibility index (Phi) is 3.22. The van der Waals surface area contributed by atoms with Crippen molar-refractivity contribution < 1.29 is 0 Å². The second-order valence-electron chi connectivity index (χ2n) is 5.06. The fourth-order valence-corrected chi connectivity index (χ4v) is 2.93. The highest BCUT2D eigenvalue weighted by molar-refractivity contribution is 5.59. The fourth-order valence-electron chi connectivity index (χ4n) is 2.93. The van der Waals surface area contributed by atoms with Gasteiger partial charge in [0, 0.05) is 31.2 Å². The summed E-state index contributed by atoms with van der Waals surface area (Å²) < 4.78 is 0. The Balaban J connectivity index is 1.99. The summed E-state index contributed by atoms with van der Waals surface area (Å²) in [6, 6.07) is 10.9. The van der Waals surface area contributed by atoms with E-state index in [1.165, 1.54) is 22.4 Å². The van der Waals surface area contributed by atoms with Gasteiger partial charge in [0.25, 0.3) is 0 Å². The van der Waals surface area contributed by atoms with Crippen molar-refractivity contribution >= 4 is 5.69 Å². The number of pyridine rings is 1. The topological polar surface area (TPSA) is 42.1 Å². The summed E-state index contributed by atoms with van der Waals surface area (Å²) in [6.45, 7) is 3.78. The van der Waals surface area contributed by atoms with E-state index in [0.717, 1.165) is 13.0 Å². The van der Waals surface area contributed by atoms with Gasteiger partial charge in [0.05, 0.1) is 6.04 Å². The summed E-state index contributed by atoms with van der Waals surface area (Å²) in [4.78, 5) is 6.68. The molecule has 1 atom stereocenters. The van der Waals surface area contributed by atoms with Gasteiger partial charge in [0.2, 0.25) is 0 Å². The van der Waals surface area contributed by atoms with E-state index in [-0.39, 0.29) is 6.04 Å². The van der Waals surface area contributed by atoms with Crippen molar-refractivity contribution in [2.24, 2.45) is 5.73 Å². The lowest BCUT2D eigenvalue weighted by Crippen LogP contribution is -2.33. The van der Waals surface area contributed by atoms with Gasteiger partial charge in [-0.15, -0.1) is 0 Å². The molecular formula is C16H19N3. The van der Waals surface area contributed by atoms with E-state index in [0.29, 0.717) is 6.54 Å². The van der Waals surface area contributed by atoms with Crippen molar-refractivity contribution in [3.05, 3.63) is 59.4 Å². The molecular weight excluding hydrogens is 234 g/mol. The molecule has 1 aromatic carbocycles. The first kappa shape index (κ1) is 12.2. The minimum Gasteiger partial charge on any atom is -0.363 e. The van der Waals surface area contributed by atoms with Crippen LogP contribution in [0.1, 0.15) is 22.7 Å². The number of hydrogen-bond donors (Lipinski definition) is 1. The molecule has 3 nitrogen and oxygen atoms in total. The molecule has 1 unspecified atom stereocenters. The zero-order valence-electron chi connectivity index (χ0n) is 11.2. The van der Waals surface area contributed by atoms with Gasteiger partial charge in [-0.1, -0.05) is 18.2 Å². The Morgan fingerprint density at radius 2 is 2.16 bits per heavy atom. The number of fused-ring (bicyclic) bond motifs is 1. The van der Waals surface area contributed by atoms with Crippen LogP contribution in [0.15, 0.2) is 42.7 Å². The van der Waals surface area contributed by atoms with E-state index >= 15 is 0 Å². The van der Waals surface area contributed by atoms with Crippen molar-refractivity contribution in [3.8, 4) is 0 Å². The molecule has 0 radical (unpaired) electrons. The maximum Gasteiger partial charge on any atom is 0.0682 e. The molecule has 2 N–H and O–H groups in total. The van der Waals surface area contributed by atoms with Crippen molar-refractivity contribution in [2.45, 2.75) is 19.4 Å². The standard InChI is InChI=1S/C16H19N3/c1-12-6-8-18-11-14(12)16(10-17)19-9-7-13-4-2-3-5-15(13)19/h2-6,8,11,16H,7,9-10,17H2,1H3. The zero-order chi connectivity index (χ0) is 13.2. The van der Waals surface area contributed by atoms with Crippen LogP contribution in [0.4, 0.5) is 5.69 Å². The van der Waals surface area contributed by atoms with Gasteiger partial charge in [-0.2, -0.15) is 0 Å². The number of para-hydroxylation sites is 1. The molecule has 0 saturated carbocycles. The summed E-state index contributed by atoms with van der Waals surface area (Å²) in [5, 5.41) is 0. The molecule has 0 aliphatic carbocycles. The third kappa shape index (κ3) is 2.10. The predicted octanol–water partition coefficient (Wildman–Crippen LogP) is 2.45. The average Bonchev–Trinajstić information content (AvgIpc) is 2.86. The van der Waals surface area contributed by atoms with Crippen LogP contribution in [0, 0.1) is 6.92 Å². The number of nitrogens with zero attached hydrogens (tertiary/aromatic N) is 2. The molecule has 1 aliphatic rings. The summed E-state index contributed by atoms with van der Waals surface area (Å²) >= 11 is 0. The number of hydrogen-bond acceptors (Lipinski definition) is 3. The number of rotatable bonds is 3. The van der Waals surface area contributed by atoms with Crippen LogP contribution in [-0.2, 0) is 6.42 Å². The molecule has 3 heteroatoms. The maximum atomic E-state index is 6.04. The molecule has 0 fully saturated rings. The van der Waals surface area contributed by atoms with Crippen molar-refractivity contribution in [1.29, 1.82) is 0 Å². The second kappa shape index (κ2) is 5.02. The van der Waals surface area contributed by atoms with E-state index in [2.05, 4.69) is 47.1 Å². The summed E-state index contributed by atoms with van der Waals surface area (Å²) in [6.07, 6.45) is 4.89. The number of nitrogens with two attached hydrogens (primary N) is 1. The number of anilines is 1. The fraction of sp³-hybridized carbons (Fsp3) is 0.312. The molecule has 19 heavy (non-hydrogen) atoms. The number of aryl methyl sites for hydroxylation is 1. The van der Waals surface area contributed by atoms with Crippen LogP contribution < -0.4 is 10.6 Å². The Bertz CT molecular complexity index is 580. The van der Waals surface area contributed by atoms with Crippen LogP contribution in [0.5, 0.6) is 0 Å². The third-order valence-corrected chi connectivity index (χ3v) is 3.96. The average molecular weight is 253 g/mol. The first-order chi connectivity index (χ1) is 9.31. The molecule has 0 bridgehead atoms. The molecule has 1 aromatic heterocycles. The van der Waals surface area contributed by atoms with E-state index in [9.17, 15) is 0 Å². The van der Waals surface area contributed by atoms with Crippen molar-refractivity contribution in [3.63, 3.8) is 0 Å². The van der Waals surface area contributed by atoms with Crippen LogP contribution in [-0.4, -0.2) is 18.1 Å². The SMILES string of the molecule is Cc1ccncc1C(CN)N1CCc2ccccc21. The van der Waals surface area contributed by atoms with E-state index in [1.807, 2.05) is 12.4 Å². The Hall–Kier alpha value is -1.87. The van der Waals surface area contributed by atoms with E-state index in [1.54, 1.807) is 0 Å². The highest BCUT2D eigenvalue weighted by Gasteiger charge is 2.26. The molecule has 2 aromatic rings. The highest BCUT2D eigenvalue weighted by Crippen LogP contribution is 2.35. The molecule has 3 rings (SSSR count). The Morgan fingerprint density at radius 3 is 2.95 bits per heavy atom. The summed E-state index contributed by atoms with van der Waals surface area (Å²) in [5.41, 5.74) is 11.3. The summed E-state index contributed by atoms with van der Waals surface area (Å²) in [7, 11) is 0. The normalized spacial score (nSPS) is 15.4. The smallest absolute Gasteiger partial charge is 0.0682 e. The number of aromatic nitrogens is 1. The lowest BCUT2D eigenvalue weighted by atomic mass is 10.0. The lowest BCUT2D eigenvalue weighted by Gasteiger charge is -2.30. The molecule has 98 valence electrons. The van der Waals surface area contributed by atoms with Gasteiger partial charge in [-0.05, 0) is 42.2 Å². The van der Waals surface area contributed by atoms with E-state index in [4.69, 9.17) is 5.73 Å². The molecule has 0 spiro atoms. The monoisotopic (exact) mass is 253 g/mol. The van der Waals surface area contributed by atoms with Gasteiger partial charge in [0.15, 0.2) is 0 Å². The first-order valence-electron chi connectivity index (χ1n) is 6.76. The first-order valence-corrected chi connectivity index (χ1v) is 6.76. The van der Waals surface area contributed by atoms with Gasteiger partial charge < -0.3 is 10.6 Å². The van der Waals surface area contributed by atoms with Gasteiger partial charge in [0.1, 0.15) is 0 Å². The highest BCUT2D eigenvalue weighted by atomic mass is 15.2. The Morgan fingerprint density at radius 1 is 1.32 bits per heavy atom. The van der Waals surface area contributed by atoms with Crippen molar-refractivity contribution in [1.82, 2.24) is 4.98 Å². The Labute approximate surface area is 114 Å². The minimum absolute atomic E-state index is 0.220. The van der Waals surface area contributed by atoms with Crippen LogP contribution >= 0.6 is 0 Å². The molecule has 2 heterocycles.